The van der Waals surface area contributed by atoms with Crippen LogP contribution in [-0.4, -0.2) is 7.85 Å². The van der Waals surface area contributed by atoms with E-state index < -0.39 is 0 Å². The van der Waals surface area contributed by atoms with Crippen LogP contribution in [0.25, 0.3) is 0 Å². The van der Waals surface area contributed by atoms with Crippen molar-refractivity contribution in [3.05, 3.63) is 0 Å². The minimum atomic E-state index is 0.602. The molecule has 72 valence electrons. The third-order valence-electron chi connectivity index (χ3n) is 3.73. The molecule has 0 bridgehead atoms. The molecule has 0 aliphatic carbocycles. The maximum Gasteiger partial charge on any atom is 0.102 e. The molecule has 0 aromatic rings. The fourth-order valence-corrected chi connectivity index (χ4v) is 2.22. The van der Waals surface area contributed by atoms with E-state index >= 15 is 0 Å². The van der Waals surface area contributed by atoms with Crippen LogP contribution in [0.4, 0.5) is 0 Å². The molecule has 0 aliphatic heterocycles. The van der Waals surface area contributed by atoms with E-state index in [0.717, 1.165) is 5.92 Å². The topological polar surface area (TPSA) is 0 Å². The van der Waals surface area contributed by atoms with E-state index in [1.54, 1.807) is 0 Å². The second-order valence-corrected chi connectivity index (χ2v) is 4.25. The van der Waals surface area contributed by atoms with E-state index in [1.165, 1.54) is 32.0 Å². The van der Waals surface area contributed by atoms with Gasteiger partial charge in [-0.1, -0.05) is 59.7 Å². The van der Waals surface area contributed by atoms with Gasteiger partial charge in [0, 0.05) is 0 Å². The van der Waals surface area contributed by atoms with Gasteiger partial charge in [0.2, 0.25) is 0 Å². The molecule has 0 amide bonds. The predicted octanol–water partition coefficient (Wildman–Crippen LogP) is 3.28. The van der Waals surface area contributed by atoms with E-state index in [9.17, 15) is 0 Å². The van der Waals surface area contributed by atoms with Crippen molar-refractivity contribution < 1.29 is 0 Å². The SMILES string of the molecule is BCC(C)(CC)C(CC)CCC. The van der Waals surface area contributed by atoms with Crippen molar-refractivity contribution in [1.82, 2.24) is 0 Å². The standard InChI is InChI=1S/C11H25B/c1-5-8-10(6-2)11(4,7-3)9-12/h10H,5-9,12H2,1-4H3. The molecule has 1 heteroatoms. The molecule has 0 fully saturated rings. The average Bonchev–Trinajstić information content (AvgIpc) is 2.13. The molecule has 0 N–H and O–H groups in total. The van der Waals surface area contributed by atoms with Crippen LogP contribution >= 0.6 is 0 Å². The third kappa shape index (κ3) is 2.84. The minimum absolute atomic E-state index is 0.602. The summed E-state index contributed by atoms with van der Waals surface area (Å²) < 4.78 is 0. The quantitative estimate of drug-likeness (QED) is 0.534. The molecule has 0 spiro atoms. The molecular formula is C11H25B. The summed E-state index contributed by atoms with van der Waals surface area (Å²) in [5.41, 5.74) is 0.602. The Balaban J connectivity index is 4.21. The van der Waals surface area contributed by atoms with Crippen LogP contribution in [0.1, 0.15) is 53.4 Å². The molecule has 0 nitrogen and oxygen atoms in total. The maximum absolute atomic E-state index is 2.46. The van der Waals surface area contributed by atoms with Crippen LogP contribution < -0.4 is 0 Å². The van der Waals surface area contributed by atoms with Gasteiger partial charge in [-0.15, -0.1) is 0 Å². The Hall–Kier alpha value is 0.0649. The van der Waals surface area contributed by atoms with Crippen LogP contribution in [0, 0.1) is 11.3 Å². The zero-order valence-corrected chi connectivity index (χ0v) is 9.61. The number of hydrogen-bond acceptors (Lipinski definition) is 0. The second kappa shape index (κ2) is 5.67. The summed E-state index contributed by atoms with van der Waals surface area (Å²) in [6, 6.07) is 0. The molecule has 12 heavy (non-hydrogen) atoms. The van der Waals surface area contributed by atoms with Gasteiger partial charge in [-0.3, -0.25) is 0 Å². The summed E-state index contributed by atoms with van der Waals surface area (Å²) in [5, 5.41) is 0. The Labute approximate surface area is 79.5 Å². The molecule has 2 unspecified atom stereocenters. The molecule has 0 aromatic carbocycles. The lowest BCUT2D eigenvalue weighted by Crippen LogP contribution is -2.25. The smallest absolute Gasteiger partial charge is 0.0755 e. The highest BCUT2D eigenvalue weighted by atomic mass is 14.3. The van der Waals surface area contributed by atoms with Crippen molar-refractivity contribution in [2.75, 3.05) is 0 Å². The normalized spacial score (nSPS) is 18.7. The fourth-order valence-electron chi connectivity index (χ4n) is 2.22. The largest absolute Gasteiger partial charge is 0.102 e. The Kier molecular flexibility index (Phi) is 5.70. The molecular weight excluding hydrogens is 143 g/mol. The molecule has 0 saturated heterocycles. The number of rotatable bonds is 6. The summed E-state index contributed by atoms with van der Waals surface area (Å²) in [6.45, 7) is 9.43. The summed E-state index contributed by atoms with van der Waals surface area (Å²) >= 11 is 0. The highest BCUT2D eigenvalue weighted by Crippen LogP contribution is 2.39. The van der Waals surface area contributed by atoms with E-state index in [-0.39, 0.29) is 0 Å². The van der Waals surface area contributed by atoms with E-state index in [4.69, 9.17) is 0 Å². The van der Waals surface area contributed by atoms with Crippen LogP contribution in [0.5, 0.6) is 0 Å². The van der Waals surface area contributed by atoms with Crippen molar-refractivity contribution in [3.8, 4) is 0 Å². The molecule has 0 aromatic heterocycles. The average molecular weight is 168 g/mol. The first kappa shape index (κ1) is 12.1. The third-order valence-corrected chi connectivity index (χ3v) is 3.73. The Morgan fingerprint density at radius 1 is 1.25 bits per heavy atom. The Morgan fingerprint density at radius 2 is 1.83 bits per heavy atom. The van der Waals surface area contributed by atoms with Crippen LogP contribution in [0.3, 0.4) is 0 Å². The van der Waals surface area contributed by atoms with Gasteiger partial charge in [-0.05, 0) is 11.3 Å². The van der Waals surface area contributed by atoms with E-state index in [1.807, 2.05) is 0 Å². The van der Waals surface area contributed by atoms with Crippen LogP contribution in [0.15, 0.2) is 0 Å². The lowest BCUT2D eigenvalue weighted by molar-refractivity contribution is 0.184. The molecule has 0 radical (unpaired) electrons. The van der Waals surface area contributed by atoms with Gasteiger partial charge in [-0.25, -0.2) is 0 Å². The highest BCUT2D eigenvalue weighted by molar-refractivity contribution is 6.09. The molecule has 0 rings (SSSR count). The summed E-state index contributed by atoms with van der Waals surface area (Å²) in [5.74, 6) is 0.942. The predicted molar refractivity (Wildman–Crippen MR) is 60.4 cm³/mol. The molecule has 0 aliphatic rings. The van der Waals surface area contributed by atoms with Crippen LogP contribution in [0.2, 0.25) is 6.32 Å². The fraction of sp³-hybridized carbons (Fsp3) is 1.00. The van der Waals surface area contributed by atoms with Gasteiger partial charge in [0.25, 0.3) is 0 Å². The van der Waals surface area contributed by atoms with Gasteiger partial charge in [0.05, 0.1) is 0 Å². The van der Waals surface area contributed by atoms with Crippen molar-refractivity contribution in [2.24, 2.45) is 11.3 Å². The summed E-state index contributed by atoms with van der Waals surface area (Å²) in [7, 11) is 2.34. The van der Waals surface area contributed by atoms with E-state index in [2.05, 4.69) is 35.5 Å². The lowest BCUT2D eigenvalue weighted by atomic mass is 9.65. The van der Waals surface area contributed by atoms with Crippen molar-refractivity contribution in [2.45, 2.75) is 59.7 Å². The zero-order valence-electron chi connectivity index (χ0n) is 9.61. The van der Waals surface area contributed by atoms with Gasteiger partial charge < -0.3 is 0 Å². The lowest BCUT2D eigenvalue weighted by Gasteiger charge is -2.36. The highest BCUT2D eigenvalue weighted by Gasteiger charge is 2.28. The minimum Gasteiger partial charge on any atom is -0.0755 e. The first-order valence-electron chi connectivity index (χ1n) is 5.64. The number of hydrogen-bond donors (Lipinski definition) is 0. The molecule has 0 heterocycles. The Bertz CT molecular complexity index is 106. The summed E-state index contributed by atoms with van der Waals surface area (Å²) in [4.78, 5) is 0. The first-order valence-corrected chi connectivity index (χ1v) is 5.64. The molecule has 2 atom stereocenters. The second-order valence-electron chi connectivity index (χ2n) is 4.25. The van der Waals surface area contributed by atoms with Crippen LogP contribution in [-0.2, 0) is 0 Å². The van der Waals surface area contributed by atoms with Gasteiger partial charge >= 0.3 is 0 Å². The van der Waals surface area contributed by atoms with Gasteiger partial charge in [0.1, 0.15) is 7.85 Å². The van der Waals surface area contributed by atoms with Gasteiger partial charge in [-0.2, -0.15) is 0 Å². The van der Waals surface area contributed by atoms with Crippen molar-refractivity contribution in [3.63, 3.8) is 0 Å². The van der Waals surface area contributed by atoms with E-state index in [0.29, 0.717) is 5.41 Å². The monoisotopic (exact) mass is 168 g/mol. The first-order chi connectivity index (χ1) is 5.64. The van der Waals surface area contributed by atoms with Crippen molar-refractivity contribution >= 4 is 7.85 Å². The van der Waals surface area contributed by atoms with Crippen molar-refractivity contribution in [1.29, 1.82) is 0 Å². The Morgan fingerprint density at radius 3 is 2.08 bits per heavy atom. The maximum atomic E-state index is 2.46. The van der Waals surface area contributed by atoms with Gasteiger partial charge in [0.15, 0.2) is 0 Å². The summed E-state index contributed by atoms with van der Waals surface area (Å²) in [6.07, 6.45) is 6.78. The zero-order chi connectivity index (χ0) is 9.61. The molecule has 0 saturated carbocycles.